The lowest BCUT2D eigenvalue weighted by molar-refractivity contribution is -0.113. The lowest BCUT2D eigenvalue weighted by Crippen LogP contribution is -2.21. The van der Waals surface area contributed by atoms with E-state index >= 15 is 0 Å². The number of rotatable bonds is 7. The summed E-state index contributed by atoms with van der Waals surface area (Å²) in [5, 5.41) is 16.2. The molecule has 9 heteroatoms. The average Bonchev–Trinajstić information content (AvgIpc) is 3.42. The average molecular weight is 413 g/mol. The van der Waals surface area contributed by atoms with Gasteiger partial charge in [-0.25, -0.2) is 4.68 Å². The molecule has 0 radical (unpaired) electrons. The number of thioether (sulfide) groups is 1. The van der Waals surface area contributed by atoms with Crippen molar-refractivity contribution in [3.63, 3.8) is 0 Å². The Morgan fingerprint density at radius 3 is 2.76 bits per heavy atom. The van der Waals surface area contributed by atoms with Crippen LogP contribution >= 0.6 is 11.8 Å². The summed E-state index contributed by atoms with van der Waals surface area (Å²) in [4.78, 5) is 12.5. The van der Waals surface area contributed by atoms with Crippen LogP contribution < -0.4 is 10.1 Å². The molecule has 1 fully saturated rings. The molecule has 1 aliphatic rings. The lowest BCUT2D eigenvalue weighted by atomic mass is 9.96. The molecule has 1 N–H and O–H groups in total. The number of methoxy groups -OCH3 is 1. The van der Waals surface area contributed by atoms with Gasteiger partial charge in [0.05, 0.1) is 25.1 Å². The van der Waals surface area contributed by atoms with Crippen LogP contribution in [-0.4, -0.2) is 43.3 Å². The normalized spacial score (nSPS) is 14.7. The Labute approximate surface area is 173 Å². The minimum absolute atomic E-state index is 0.0863. The van der Waals surface area contributed by atoms with Gasteiger partial charge in [-0.2, -0.15) is 5.10 Å². The van der Waals surface area contributed by atoms with Crippen molar-refractivity contribution in [1.82, 2.24) is 24.5 Å². The minimum Gasteiger partial charge on any atom is -0.497 e. The highest BCUT2D eigenvalue weighted by molar-refractivity contribution is 7.99. The predicted octanol–water partition coefficient (Wildman–Crippen LogP) is 3.71. The monoisotopic (exact) mass is 412 g/mol. The van der Waals surface area contributed by atoms with E-state index in [9.17, 15) is 4.79 Å². The van der Waals surface area contributed by atoms with Crippen LogP contribution in [-0.2, 0) is 4.79 Å². The van der Waals surface area contributed by atoms with E-state index in [1.165, 1.54) is 31.0 Å². The van der Waals surface area contributed by atoms with E-state index in [1.54, 1.807) is 19.6 Å². The molecule has 152 valence electrons. The molecule has 0 atom stereocenters. The number of ether oxygens (including phenoxy) is 1. The molecule has 3 aromatic rings. The van der Waals surface area contributed by atoms with Gasteiger partial charge in [0.2, 0.25) is 5.91 Å². The second kappa shape index (κ2) is 9.13. The highest BCUT2D eigenvalue weighted by Crippen LogP contribution is 2.30. The highest BCUT2D eigenvalue weighted by Gasteiger charge is 2.19. The number of nitrogens with zero attached hydrogens (tertiary/aromatic N) is 5. The van der Waals surface area contributed by atoms with E-state index in [2.05, 4.69) is 20.6 Å². The van der Waals surface area contributed by atoms with Gasteiger partial charge in [-0.05, 0) is 37.1 Å². The van der Waals surface area contributed by atoms with Crippen molar-refractivity contribution in [2.45, 2.75) is 43.3 Å². The summed E-state index contributed by atoms with van der Waals surface area (Å²) in [7, 11) is 1.63. The SMILES string of the molecule is COc1ccc(-n2cnnc2SCC(=O)Nc2ccnn2C2CCCCC2)cc1. The summed E-state index contributed by atoms with van der Waals surface area (Å²) in [5.74, 6) is 1.70. The van der Waals surface area contributed by atoms with Crippen LogP contribution in [0.3, 0.4) is 0 Å². The van der Waals surface area contributed by atoms with Gasteiger partial charge >= 0.3 is 0 Å². The number of hydrogen-bond acceptors (Lipinski definition) is 6. The largest absolute Gasteiger partial charge is 0.497 e. The molecule has 1 aliphatic carbocycles. The molecule has 1 saturated carbocycles. The zero-order chi connectivity index (χ0) is 20.1. The van der Waals surface area contributed by atoms with E-state index in [4.69, 9.17) is 4.74 Å². The summed E-state index contributed by atoms with van der Waals surface area (Å²) >= 11 is 1.35. The van der Waals surface area contributed by atoms with Crippen molar-refractivity contribution >= 4 is 23.5 Å². The van der Waals surface area contributed by atoms with Crippen LogP contribution in [0.15, 0.2) is 48.0 Å². The number of aromatic nitrogens is 5. The molecule has 2 heterocycles. The number of carbonyl (C=O) groups is 1. The third kappa shape index (κ3) is 4.61. The first-order valence-electron chi connectivity index (χ1n) is 9.75. The Bertz CT molecular complexity index is 946. The molecule has 4 rings (SSSR count). The van der Waals surface area contributed by atoms with Gasteiger partial charge in [0.15, 0.2) is 5.16 Å². The van der Waals surface area contributed by atoms with Crippen LogP contribution in [0.4, 0.5) is 5.82 Å². The first kappa shape index (κ1) is 19.5. The summed E-state index contributed by atoms with van der Waals surface area (Å²) in [6.07, 6.45) is 9.33. The quantitative estimate of drug-likeness (QED) is 0.595. The van der Waals surface area contributed by atoms with Gasteiger partial charge < -0.3 is 10.1 Å². The fraction of sp³-hybridized carbons (Fsp3) is 0.400. The van der Waals surface area contributed by atoms with Gasteiger partial charge in [0.25, 0.3) is 0 Å². The second-order valence-corrected chi connectivity index (χ2v) is 7.91. The molecular formula is C20H24N6O2S. The number of amides is 1. The van der Waals surface area contributed by atoms with Crippen molar-refractivity contribution in [3.8, 4) is 11.4 Å². The van der Waals surface area contributed by atoms with E-state index < -0.39 is 0 Å². The predicted molar refractivity (Wildman–Crippen MR) is 112 cm³/mol. The highest BCUT2D eigenvalue weighted by atomic mass is 32.2. The van der Waals surface area contributed by atoms with E-state index in [0.29, 0.717) is 11.2 Å². The number of carbonyl (C=O) groups excluding carboxylic acids is 1. The first-order valence-corrected chi connectivity index (χ1v) is 10.7. The van der Waals surface area contributed by atoms with Crippen LogP contribution in [0.5, 0.6) is 5.75 Å². The molecule has 0 unspecified atom stereocenters. The zero-order valence-corrected chi connectivity index (χ0v) is 17.1. The van der Waals surface area contributed by atoms with Crippen molar-refractivity contribution in [2.75, 3.05) is 18.2 Å². The molecule has 0 aliphatic heterocycles. The summed E-state index contributed by atoms with van der Waals surface area (Å²) in [6, 6.07) is 9.84. The van der Waals surface area contributed by atoms with Gasteiger partial charge in [0, 0.05) is 11.8 Å². The Hall–Kier alpha value is -2.81. The first-order chi connectivity index (χ1) is 14.2. The van der Waals surface area contributed by atoms with Crippen LogP contribution in [0.2, 0.25) is 0 Å². The smallest absolute Gasteiger partial charge is 0.235 e. The maximum atomic E-state index is 12.5. The maximum Gasteiger partial charge on any atom is 0.235 e. The molecule has 29 heavy (non-hydrogen) atoms. The second-order valence-electron chi connectivity index (χ2n) is 6.97. The summed E-state index contributed by atoms with van der Waals surface area (Å²) in [5.41, 5.74) is 0.911. The Balaban J connectivity index is 1.37. The van der Waals surface area contributed by atoms with E-state index in [-0.39, 0.29) is 11.7 Å². The van der Waals surface area contributed by atoms with Crippen LogP contribution in [0.1, 0.15) is 38.1 Å². The Morgan fingerprint density at radius 1 is 1.21 bits per heavy atom. The zero-order valence-electron chi connectivity index (χ0n) is 16.3. The number of benzene rings is 1. The van der Waals surface area contributed by atoms with Gasteiger partial charge in [-0.15, -0.1) is 10.2 Å². The van der Waals surface area contributed by atoms with Gasteiger partial charge in [-0.3, -0.25) is 9.36 Å². The standard InChI is InChI=1S/C20H24N6O2S/c1-28-17-9-7-15(8-10-17)25-14-21-24-20(25)29-13-19(27)23-18-11-12-22-26(18)16-5-3-2-4-6-16/h7-12,14,16H,2-6,13H2,1H3,(H,23,27). The molecule has 1 amide bonds. The topological polar surface area (TPSA) is 86.9 Å². The Morgan fingerprint density at radius 2 is 2.00 bits per heavy atom. The van der Waals surface area contributed by atoms with E-state index in [0.717, 1.165) is 30.1 Å². The van der Waals surface area contributed by atoms with Crippen molar-refractivity contribution in [1.29, 1.82) is 0 Å². The van der Waals surface area contributed by atoms with Crippen LogP contribution in [0, 0.1) is 0 Å². The van der Waals surface area contributed by atoms with E-state index in [1.807, 2.05) is 39.6 Å². The number of hydrogen-bond donors (Lipinski definition) is 1. The minimum atomic E-state index is -0.0863. The molecule has 8 nitrogen and oxygen atoms in total. The van der Waals surface area contributed by atoms with Crippen molar-refractivity contribution in [3.05, 3.63) is 42.9 Å². The molecular weight excluding hydrogens is 388 g/mol. The van der Waals surface area contributed by atoms with Gasteiger partial charge in [-0.1, -0.05) is 31.0 Å². The fourth-order valence-electron chi connectivity index (χ4n) is 3.58. The van der Waals surface area contributed by atoms with Gasteiger partial charge in [0.1, 0.15) is 17.9 Å². The molecule has 2 aromatic heterocycles. The van der Waals surface area contributed by atoms with Crippen LogP contribution in [0.25, 0.3) is 5.69 Å². The lowest BCUT2D eigenvalue weighted by Gasteiger charge is -2.23. The third-order valence-electron chi connectivity index (χ3n) is 5.06. The number of nitrogens with one attached hydrogen (secondary N) is 1. The molecule has 1 aromatic carbocycles. The molecule has 0 saturated heterocycles. The molecule has 0 spiro atoms. The maximum absolute atomic E-state index is 12.5. The summed E-state index contributed by atoms with van der Waals surface area (Å²) < 4.78 is 9.00. The molecule has 0 bridgehead atoms. The van der Waals surface area contributed by atoms with Crippen molar-refractivity contribution in [2.24, 2.45) is 0 Å². The summed E-state index contributed by atoms with van der Waals surface area (Å²) in [6.45, 7) is 0. The third-order valence-corrected chi connectivity index (χ3v) is 6.00. The Kier molecular flexibility index (Phi) is 6.14. The fourth-order valence-corrected chi connectivity index (χ4v) is 4.31. The van der Waals surface area contributed by atoms with Crippen molar-refractivity contribution < 1.29 is 9.53 Å². The number of anilines is 1.